The number of rotatable bonds is 13. The Morgan fingerprint density at radius 2 is 1.57 bits per heavy atom. The van der Waals surface area contributed by atoms with Gasteiger partial charge in [-0.1, -0.05) is 91.1 Å². The van der Waals surface area contributed by atoms with E-state index in [1.165, 1.54) is 23.1 Å². The molecule has 0 aliphatic heterocycles. The van der Waals surface area contributed by atoms with Gasteiger partial charge < -0.3 is 10.2 Å². The summed E-state index contributed by atoms with van der Waals surface area (Å²) in [5, 5.41) is 3.44. The zero-order valence-electron chi connectivity index (χ0n) is 22.9. The lowest BCUT2D eigenvalue weighted by molar-refractivity contribution is -0.140. The van der Waals surface area contributed by atoms with E-state index in [1.807, 2.05) is 68.4 Å². The van der Waals surface area contributed by atoms with Crippen molar-refractivity contribution in [1.29, 1.82) is 0 Å². The molecule has 3 aromatic rings. The van der Waals surface area contributed by atoms with Crippen LogP contribution in [-0.2, 0) is 32.6 Å². The zero-order valence-corrected chi connectivity index (χ0v) is 25.3. The lowest BCUT2D eigenvalue weighted by Crippen LogP contribution is -2.53. The topological polar surface area (TPSA) is 86.8 Å². The molecule has 0 spiro atoms. The summed E-state index contributed by atoms with van der Waals surface area (Å²) in [5.74, 6) is -0.827. The van der Waals surface area contributed by atoms with E-state index in [9.17, 15) is 18.0 Å². The number of hydrogen-bond donors (Lipinski definition) is 1. The van der Waals surface area contributed by atoms with Crippen molar-refractivity contribution in [2.75, 3.05) is 23.7 Å². The van der Waals surface area contributed by atoms with E-state index in [-0.39, 0.29) is 34.6 Å². The highest BCUT2D eigenvalue weighted by molar-refractivity contribution is 7.92. The van der Waals surface area contributed by atoms with Crippen LogP contribution in [0, 0.1) is 6.92 Å². The Morgan fingerprint density at radius 3 is 2.17 bits per heavy atom. The van der Waals surface area contributed by atoms with Gasteiger partial charge in [-0.2, -0.15) is 0 Å². The molecule has 0 radical (unpaired) electrons. The molecule has 2 amide bonds. The van der Waals surface area contributed by atoms with Crippen LogP contribution >= 0.6 is 23.2 Å². The lowest BCUT2D eigenvalue weighted by Gasteiger charge is -2.34. The first-order valence-corrected chi connectivity index (χ1v) is 15.7. The number of anilines is 1. The largest absolute Gasteiger partial charge is 0.354 e. The average molecular weight is 605 g/mol. The van der Waals surface area contributed by atoms with Gasteiger partial charge in [-0.05, 0) is 48.2 Å². The first-order valence-electron chi connectivity index (χ1n) is 13.1. The second-order valence-electron chi connectivity index (χ2n) is 9.70. The first-order chi connectivity index (χ1) is 19.0. The summed E-state index contributed by atoms with van der Waals surface area (Å²) in [6.07, 6.45) is 2.98. The number of sulfonamides is 1. The predicted octanol–water partition coefficient (Wildman–Crippen LogP) is 5.62. The molecule has 40 heavy (non-hydrogen) atoms. The molecule has 0 aliphatic carbocycles. The fourth-order valence-corrected chi connectivity index (χ4v) is 5.68. The fourth-order valence-electron chi connectivity index (χ4n) is 4.33. The summed E-state index contributed by atoms with van der Waals surface area (Å²) in [7, 11) is -3.92. The molecule has 3 rings (SSSR count). The van der Waals surface area contributed by atoms with Crippen LogP contribution < -0.4 is 9.62 Å². The summed E-state index contributed by atoms with van der Waals surface area (Å²) < 4.78 is 26.7. The maximum Gasteiger partial charge on any atom is 0.244 e. The predicted molar refractivity (Wildman–Crippen MR) is 162 cm³/mol. The van der Waals surface area contributed by atoms with E-state index in [4.69, 9.17) is 23.2 Å². The normalized spacial score (nSPS) is 12.0. The maximum absolute atomic E-state index is 14.1. The molecule has 1 atom stereocenters. The van der Waals surface area contributed by atoms with E-state index in [1.54, 1.807) is 0 Å². The van der Waals surface area contributed by atoms with Crippen molar-refractivity contribution in [3.8, 4) is 0 Å². The number of carbonyl (C=O) groups excluding carboxylic acids is 2. The van der Waals surface area contributed by atoms with Crippen LogP contribution in [0.4, 0.5) is 5.69 Å². The van der Waals surface area contributed by atoms with E-state index >= 15 is 0 Å². The number of aryl methyl sites for hydroxylation is 1. The molecule has 1 N–H and O–H groups in total. The van der Waals surface area contributed by atoms with Crippen molar-refractivity contribution >= 4 is 50.7 Å². The molecule has 0 heterocycles. The standard InChI is InChI=1S/C30H35Cl2N3O4S/c1-4-5-15-33-30(37)28(16-23-12-7-6-8-13-23)34(20-24-14-10-9-11-22(24)2)29(36)21-35(40(3,38)39)27-18-25(31)17-26(32)19-27/h6-14,17-19,28H,4-5,15-16,20-21H2,1-3H3,(H,33,37)/t28-/m1/s1. The number of halogens is 2. The van der Waals surface area contributed by atoms with Gasteiger partial charge in [0, 0.05) is 29.6 Å². The third-order valence-corrected chi connectivity index (χ3v) is 8.09. The third kappa shape index (κ3) is 8.98. The van der Waals surface area contributed by atoms with Crippen molar-refractivity contribution in [2.24, 2.45) is 0 Å². The van der Waals surface area contributed by atoms with Crippen molar-refractivity contribution in [1.82, 2.24) is 10.2 Å². The summed E-state index contributed by atoms with van der Waals surface area (Å²) in [6.45, 7) is 4.03. The summed E-state index contributed by atoms with van der Waals surface area (Å²) in [4.78, 5) is 29.2. The highest BCUT2D eigenvalue weighted by Gasteiger charge is 2.33. The number of hydrogen-bond acceptors (Lipinski definition) is 4. The number of amides is 2. The van der Waals surface area contributed by atoms with Gasteiger partial charge in [0.15, 0.2) is 0 Å². The van der Waals surface area contributed by atoms with Crippen LogP contribution in [0.1, 0.15) is 36.5 Å². The van der Waals surface area contributed by atoms with Crippen LogP contribution in [0.3, 0.4) is 0 Å². The highest BCUT2D eigenvalue weighted by Crippen LogP contribution is 2.27. The molecule has 0 saturated carbocycles. The van der Waals surface area contributed by atoms with E-state index in [0.29, 0.717) is 6.54 Å². The first kappa shape index (κ1) is 31.5. The quantitative estimate of drug-likeness (QED) is 0.257. The Morgan fingerprint density at radius 1 is 0.950 bits per heavy atom. The monoisotopic (exact) mass is 603 g/mol. The molecule has 10 heteroatoms. The molecule has 3 aromatic carbocycles. The Kier molecular flexibility index (Phi) is 11.4. The summed E-state index contributed by atoms with van der Waals surface area (Å²) in [6, 6.07) is 20.5. The van der Waals surface area contributed by atoms with Gasteiger partial charge in [0.2, 0.25) is 21.8 Å². The van der Waals surface area contributed by atoms with E-state index in [0.717, 1.165) is 40.1 Å². The van der Waals surface area contributed by atoms with Crippen molar-refractivity contribution < 1.29 is 18.0 Å². The number of nitrogens with zero attached hydrogens (tertiary/aromatic N) is 2. The van der Waals surface area contributed by atoms with Gasteiger partial charge in [0.25, 0.3) is 0 Å². The van der Waals surface area contributed by atoms with Crippen LogP contribution in [-0.4, -0.2) is 50.5 Å². The average Bonchev–Trinajstić information content (AvgIpc) is 2.89. The lowest BCUT2D eigenvalue weighted by atomic mass is 10.0. The van der Waals surface area contributed by atoms with E-state index in [2.05, 4.69) is 5.32 Å². The molecule has 0 unspecified atom stereocenters. The molecule has 7 nitrogen and oxygen atoms in total. The van der Waals surface area contributed by atoms with Gasteiger partial charge in [-0.15, -0.1) is 0 Å². The third-order valence-electron chi connectivity index (χ3n) is 6.52. The number of nitrogens with one attached hydrogen (secondary N) is 1. The minimum Gasteiger partial charge on any atom is -0.354 e. The SMILES string of the molecule is CCCCNC(=O)[C@@H](Cc1ccccc1)N(Cc1ccccc1C)C(=O)CN(c1cc(Cl)cc(Cl)c1)S(C)(=O)=O. The molecule has 0 fully saturated rings. The molecule has 0 aliphatic rings. The van der Waals surface area contributed by atoms with Gasteiger partial charge in [-0.25, -0.2) is 8.42 Å². The van der Waals surface area contributed by atoms with Gasteiger partial charge in [0.05, 0.1) is 11.9 Å². The summed E-state index contributed by atoms with van der Waals surface area (Å²) in [5.41, 5.74) is 2.84. The van der Waals surface area contributed by atoms with Crippen molar-refractivity contribution in [3.63, 3.8) is 0 Å². The Labute approximate surface area is 247 Å². The zero-order chi connectivity index (χ0) is 29.3. The van der Waals surface area contributed by atoms with Crippen molar-refractivity contribution in [3.05, 3.63) is 99.5 Å². The molecule has 0 bridgehead atoms. The Hall–Kier alpha value is -3.07. The van der Waals surface area contributed by atoms with Crippen LogP contribution in [0.2, 0.25) is 10.0 Å². The number of benzene rings is 3. The van der Waals surface area contributed by atoms with Gasteiger partial charge >= 0.3 is 0 Å². The number of unbranched alkanes of at least 4 members (excludes halogenated alkanes) is 1. The minimum atomic E-state index is -3.92. The second kappa shape index (κ2) is 14.5. The second-order valence-corrected chi connectivity index (χ2v) is 12.5. The molecule has 0 saturated heterocycles. The minimum absolute atomic E-state index is 0.123. The molecular formula is C30H35Cl2N3O4S. The smallest absolute Gasteiger partial charge is 0.244 e. The van der Waals surface area contributed by atoms with Crippen LogP contribution in [0.25, 0.3) is 0 Å². The van der Waals surface area contributed by atoms with E-state index < -0.39 is 28.5 Å². The van der Waals surface area contributed by atoms with Crippen LogP contribution in [0.15, 0.2) is 72.8 Å². The van der Waals surface area contributed by atoms with Crippen LogP contribution in [0.5, 0.6) is 0 Å². The van der Waals surface area contributed by atoms with Gasteiger partial charge in [0.1, 0.15) is 12.6 Å². The molecular weight excluding hydrogens is 569 g/mol. The van der Waals surface area contributed by atoms with Gasteiger partial charge in [-0.3, -0.25) is 13.9 Å². The Bertz CT molecular complexity index is 1400. The number of carbonyl (C=O) groups is 2. The molecule has 214 valence electrons. The summed E-state index contributed by atoms with van der Waals surface area (Å²) >= 11 is 12.3. The van der Waals surface area contributed by atoms with Crippen molar-refractivity contribution in [2.45, 2.75) is 45.7 Å². The molecule has 0 aromatic heterocycles. The maximum atomic E-state index is 14.1. The fraction of sp³-hybridized carbons (Fsp3) is 0.333. The highest BCUT2D eigenvalue weighted by atomic mass is 35.5. The Balaban J connectivity index is 2.06.